The molecule has 2 aromatic carbocycles. The van der Waals surface area contributed by atoms with Crippen LogP contribution in [-0.2, 0) is 11.8 Å². The zero-order valence-electron chi connectivity index (χ0n) is 19.6. The highest BCUT2D eigenvalue weighted by atomic mass is 19.3. The van der Waals surface area contributed by atoms with Gasteiger partial charge in [-0.05, 0) is 30.3 Å². The maximum absolute atomic E-state index is 15.0. The van der Waals surface area contributed by atoms with Crippen LogP contribution in [0.2, 0.25) is 0 Å². The Bertz CT molecular complexity index is 1370. The first-order chi connectivity index (χ1) is 17.6. The number of carbonyl (C=O) groups is 2. The highest BCUT2D eigenvalue weighted by Gasteiger charge is 2.45. The Hall–Kier alpha value is -4.35. The normalized spacial score (nSPS) is 17.3. The smallest absolute Gasteiger partial charge is 0.387 e. The molecule has 1 aromatic heterocycles. The molecule has 2 atom stereocenters. The van der Waals surface area contributed by atoms with Crippen LogP contribution >= 0.6 is 0 Å². The Morgan fingerprint density at radius 1 is 1.03 bits per heavy atom. The van der Waals surface area contributed by atoms with E-state index in [0.29, 0.717) is 0 Å². The van der Waals surface area contributed by atoms with Crippen molar-refractivity contribution in [1.82, 2.24) is 9.88 Å². The third-order valence-electron chi connectivity index (χ3n) is 6.04. The monoisotopic (exact) mass is 519 g/mol. The van der Waals surface area contributed by atoms with E-state index in [1.807, 2.05) is 0 Å². The minimum atomic E-state index is -3.05. The fraction of sp³-hybridized carbons (Fsp3) is 0.240. The number of hydrogen-bond donors (Lipinski definition) is 1. The van der Waals surface area contributed by atoms with E-state index >= 15 is 8.78 Å². The van der Waals surface area contributed by atoms with Gasteiger partial charge in [-0.1, -0.05) is 6.07 Å². The number of methoxy groups -OCH3 is 1. The zero-order chi connectivity index (χ0) is 26.9. The number of nitrogens with zero attached hydrogens (tertiary/aromatic N) is 2. The number of rotatable bonds is 7. The van der Waals surface area contributed by atoms with E-state index in [2.05, 4.69) is 10.1 Å². The van der Waals surface area contributed by atoms with Crippen molar-refractivity contribution in [2.45, 2.75) is 18.6 Å². The topological polar surface area (TPSA) is 89.9 Å². The number of amides is 2. The van der Waals surface area contributed by atoms with E-state index in [0.717, 1.165) is 24.3 Å². The lowest BCUT2D eigenvalue weighted by Gasteiger charge is -2.20. The van der Waals surface area contributed by atoms with E-state index in [4.69, 9.17) is 4.74 Å². The molecular formula is C25H21F4N3O5. The summed E-state index contributed by atoms with van der Waals surface area (Å²) < 4.78 is 65.2. The minimum Gasteiger partial charge on any atom is -0.497 e. The molecule has 0 saturated carbocycles. The predicted octanol–water partition coefficient (Wildman–Crippen LogP) is 3.20. The van der Waals surface area contributed by atoms with Crippen LogP contribution in [0.1, 0.15) is 21.8 Å². The first-order valence-corrected chi connectivity index (χ1v) is 11.0. The third-order valence-corrected chi connectivity index (χ3v) is 6.04. The van der Waals surface area contributed by atoms with Gasteiger partial charge in [0.2, 0.25) is 0 Å². The predicted molar refractivity (Wildman–Crippen MR) is 124 cm³/mol. The molecule has 0 unspecified atom stereocenters. The fourth-order valence-corrected chi connectivity index (χ4v) is 4.23. The van der Waals surface area contributed by atoms with Gasteiger partial charge in [0, 0.05) is 48.8 Å². The van der Waals surface area contributed by atoms with Gasteiger partial charge in [0.25, 0.3) is 17.4 Å². The zero-order valence-corrected chi connectivity index (χ0v) is 19.6. The second-order valence-corrected chi connectivity index (χ2v) is 8.20. The molecule has 12 heteroatoms. The van der Waals surface area contributed by atoms with Gasteiger partial charge in [-0.25, -0.2) is 8.78 Å². The maximum atomic E-state index is 15.0. The fourth-order valence-electron chi connectivity index (χ4n) is 4.23. The van der Waals surface area contributed by atoms with Crippen LogP contribution < -0.4 is 25.2 Å². The average molecular weight is 519 g/mol. The summed E-state index contributed by atoms with van der Waals surface area (Å²) in [6, 6.07) is 9.40. The summed E-state index contributed by atoms with van der Waals surface area (Å²) in [6.45, 7) is -3.30. The number of anilines is 1. The molecule has 8 nitrogen and oxygen atoms in total. The first-order valence-electron chi connectivity index (χ1n) is 11.0. The Morgan fingerprint density at radius 2 is 1.68 bits per heavy atom. The number of benzene rings is 2. The Morgan fingerprint density at radius 3 is 2.27 bits per heavy atom. The summed E-state index contributed by atoms with van der Waals surface area (Å²) in [5.41, 5.74) is -0.861. The summed E-state index contributed by atoms with van der Waals surface area (Å²) >= 11 is 0. The minimum absolute atomic E-state index is 0.00518. The van der Waals surface area contributed by atoms with E-state index in [-0.39, 0.29) is 29.4 Å². The standard InChI is InChI=1S/C25H21F4N3O5/c1-31-19(4-3-5-20(31)33)32-12-16(21-17(26)10-15(36-2)11-18(21)27)22(24(32)35)30-23(34)13-6-8-14(9-7-13)37-25(28)29/h3-11,16,22,25H,12H2,1-2H3,(H,30,34)/t16-,22-/m0/s1. The largest absolute Gasteiger partial charge is 0.497 e. The van der Waals surface area contributed by atoms with Gasteiger partial charge >= 0.3 is 6.61 Å². The molecule has 37 heavy (non-hydrogen) atoms. The van der Waals surface area contributed by atoms with Crippen LogP contribution in [-0.4, -0.2) is 42.7 Å². The summed E-state index contributed by atoms with van der Waals surface area (Å²) in [6.07, 6.45) is 0. The quantitative estimate of drug-likeness (QED) is 0.485. The maximum Gasteiger partial charge on any atom is 0.387 e. The van der Waals surface area contributed by atoms with Gasteiger partial charge in [-0.2, -0.15) is 8.78 Å². The van der Waals surface area contributed by atoms with E-state index in [9.17, 15) is 23.2 Å². The molecule has 2 heterocycles. The molecule has 0 aliphatic carbocycles. The van der Waals surface area contributed by atoms with Crippen LogP contribution in [0.15, 0.2) is 59.4 Å². The highest BCUT2D eigenvalue weighted by molar-refractivity contribution is 6.04. The van der Waals surface area contributed by atoms with Crippen molar-refractivity contribution in [2.24, 2.45) is 7.05 Å². The number of halogens is 4. The lowest BCUT2D eigenvalue weighted by molar-refractivity contribution is -0.118. The molecule has 194 valence electrons. The molecule has 1 fully saturated rings. The molecule has 1 saturated heterocycles. The molecule has 1 aliphatic rings. The Balaban J connectivity index is 1.71. The third kappa shape index (κ3) is 5.13. The molecule has 4 rings (SSSR count). The SMILES string of the molecule is COc1cc(F)c([C@@H]2CN(c3cccc(=O)n3C)C(=O)[C@H]2NC(=O)c2ccc(OC(F)F)cc2)c(F)c1. The lowest BCUT2D eigenvalue weighted by atomic mass is 9.92. The van der Waals surface area contributed by atoms with Gasteiger partial charge in [0.1, 0.15) is 35.0 Å². The van der Waals surface area contributed by atoms with E-state index in [1.165, 1.54) is 54.0 Å². The number of nitrogens with one attached hydrogen (secondary N) is 1. The van der Waals surface area contributed by atoms with Crippen molar-refractivity contribution in [3.8, 4) is 11.5 Å². The molecule has 0 spiro atoms. The van der Waals surface area contributed by atoms with Crippen molar-refractivity contribution in [2.75, 3.05) is 18.6 Å². The highest BCUT2D eigenvalue weighted by Crippen LogP contribution is 2.36. The van der Waals surface area contributed by atoms with Crippen molar-refractivity contribution in [3.63, 3.8) is 0 Å². The van der Waals surface area contributed by atoms with Crippen LogP contribution in [0.5, 0.6) is 11.5 Å². The molecule has 3 aromatic rings. The van der Waals surface area contributed by atoms with Crippen molar-refractivity contribution >= 4 is 17.6 Å². The number of ether oxygens (including phenoxy) is 2. The van der Waals surface area contributed by atoms with Gasteiger partial charge in [0.15, 0.2) is 0 Å². The summed E-state index contributed by atoms with van der Waals surface area (Å²) in [7, 11) is 2.68. The summed E-state index contributed by atoms with van der Waals surface area (Å²) in [5, 5.41) is 2.50. The van der Waals surface area contributed by atoms with Gasteiger partial charge in [-0.15, -0.1) is 0 Å². The van der Waals surface area contributed by atoms with Gasteiger partial charge in [-0.3, -0.25) is 23.9 Å². The number of aromatic nitrogens is 1. The average Bonchev–Trinajstić information content (AvgIpc) is 3.15. The van der Waals surface area contributed by atoms with Gasteiger partial charge in [0.05, 0.1) is 7.11 Å². The van der Waals surface area contributed by atoms with Crippen LogP contribution in [0.25, 0.3) is 0 Å². The van der Waals surface area contributed by atoms with Crippen LogP contribution in [0.3, 0.4) is 0 Å². The van der Waals surface area contributed by atoms with E-state index in [1.54, 1.807) is 0 Å². The summed E-state index contributed by atoms with van der Waals surface area (Å²) in [5.74, 6) is -4.72. The van der Waals surface area contributed by atoms with Crippen molar-refractivity contribution in [3.05, 3.63) is 87.7 Å². The summed E-state index contributed by atoms with van der Waals surface area (Å²) in [4.78, 5) is 39.7. The van der Waals surface area contributed by atoms with E-state index < -0.39 is 53.1 Å². The first kappa shape index (κ1) is 25.7. The number of hydrogen-bond acceptors (Lipinski definition) is 5. The van der Waals surface area contributed by atoms with Gasteiger partial charge < -0.3 is 14.8 Å². The molecule has 1 N–H and O–H groups in total. The van der Waals surface area contributed by atoms with Crippen LogP contribution in [0, 0.1) is 11.6 Å². The lowest BCUT2D eigenvalue weighted by Crippen LogP contribution is -2.44. The second kappa shape index (κ2) is 10.3. The number of carbonyl (C=O) groups excluding carboxylic acids is 2. The Labute approximate surface area is 208 Å². The van der Waals surface area contributed by atoms with Crippen molar-refractivity contribution < 1.29 is 36.6 Å². The molecule has 2 amide bonds. The number of pyridine rings is 1. The Kier molecular flexibility index (Phi) is 7.18. The van der Waals surface area contributed by atoms with Crippen LogP contribution in [0.4, 0.5) is 23.4 Å². The second-order valence-electron chi connectivity index (χ2n) is 8.20. The van der Waals surface area contributed by atoms with Crippen molar-refractivity contribution in [1.29, 1.82) is 0 Å². The number of alkyl halides is 2. The molecule has 0 bridgehead atoms. The molecule has 1 aliphatic heterocycles. The molecular weight excluding hydrogens is 498 g/mol. The molecule has 0 radical (unpaired) electrons.